The Kier molecular flexibility index (Phi) is 2.73. The fraction of sp³-hybridized carbons (Fsp3) is 0.500. The highest BCUT2D eigenvalue weighted by atomic mass is 16.5. The summed E-state index contributed by atoms with van der Waals surface area (Å²) in [5.41, 5.74) is 1.29. The van der Waals surface area contributed by atoms with Gasteiger partial charge in [0.1, 0.15) is 12.4 Å². The molecule has 1 atom stereocenters. The van der Waals surface area contributed by atoms with Crippen molar-refractivity contribution in [2.24, 2.45) is 5.92 Å². The third-order valence-electron chi connectivity index (χ3n) is 2.64. The lowest BCUT2D eigenvalue weighted by molar-refractivity contribution is 0.321. The quantitative estimate of drug-likeness (QED) is 0.735. The average Bonchev–Trinajstić information content (AvgIpc) is 2.39. The molecule has 14 heavy (non-hydrogen) atoms. The maximum absolute atomic E-state index is 5.67. The van der Waals surface area contributed by atoms with Gasteiger partial charge in [-0.25, -0.2) is 0 Å². The van der Waals surface area contributed by atoms with Gasteiger partial charge in [0, 0.05) is 18.2 Å². The van der Waals surface area contributed by atoms with Crippen LogP contribution in [0, 0.1) is 5.92 Å². The van der Waals surface area contributed by atoms with Gasteiger partial charge in [-0.3, -0.25) is 0 Å². The number of fused-ring (bicyclic) bond motifs is 1. The highest BCUT2D eigenvalue weighted by molar-refractivity contribution is 5.36. The number of rotatable bonds is 1. The first kappa shape index (κ1) is 9.53. The van der Waals surface area contributed by atoms with Crippen LogP contribution in [0.2, 0.25) is 0 Å². The summed E-state index contributed by atoms with van der Waals surface area (Å²) in [6.07, 6.45) is 0. The molecule has 0 aliphatic carbocycles. The molecule has 2 nitrogen and oxygen atoms in total. The van der Waals surface area contributed by atoms with Gasteiger partial charge >= 0.3 is 0 Å². The largest absolute Gasteiger partial charge is 0.492 e. The number of hydrogen-bond donors (Lipinski definition) is 1. The molecule has 1 aromatic carbocycles. The monoisotopic (exact) mass is 191 g/mol. The molecule has 1 heterocycles. The Morgan fingerprint density at radius 1 is 1.36 bits per heavy atom. The van der Waals surface area contributed by atoms with Gasteiger partial charge in [-0.15, -0.1) is 0 Å². The summed E-state index contributed by atoms with van der Waals surface area (Å²) in [6.45, 7) is 6.16. The van der Waals surface area contributed by atoms with Crippen LogP contribution >= 0.6 is 0 Å². The minimum absolute atomic E-state index is 0.425. The van der Waals surface area contributed by atoms with E-state index in [2.05, 4.69) is 37.4 Å². The normalized spacial score (nSPS) is 21.2. The van der Waals surface area contributed by atoms with Gasteiger partial charge in [0.25, 0.3) is 0 Å². The van der Waals surface area contributed by atoms with Crippen molar-refractivity contribution >= 4 is 0 Å². The van der Waals surface area contributed by atoms with E-state index < -0.39 is 0 Å². The van der Waals surface area contributed by atoms with E-state index in [-0.39, 0.29) is 0 Å². The molecule has 2 heteroatoms. The first-order valence-corrected chi connectivity index (χ1v) is 5.24. The molecule has 0 radical (unpaired) electrons. The van der Waals surface area contributed by atoms with E-state index in [1.165, 1.54) is 5.56 Å². The molecule has 0 fully saturated rings. The van der Waals surface area contributed by atoms with Crippen LogP contribution in [-0.2, 0) is 0 Å². The van der Waals surface area contributed by atoms with E-state index in [0.29, 0.717) is 12.0 Å². The number of para-hydroxylation sites is 1. The van der Waals surface area contributed by atoms with Crippen LogP contribution in [0.15, 0.2) is 24.3 Å². The molecule has 1 unspecified atom stereocenters. The zero-order chi connectivity index (χ0) is 9.97. The van der Waals surface area contributed by atoms with Crippen LogP contribution in [0.5, 0.6) is 5.75 Å². The summed E-state index contributed by atoms with van der Waals surface area (Å²) in [5, 5.41) is 3.51. The maximum Gasteiger partial charge on any atom is 0.124 e. The van der Waals surface area contributed by atoms with Gasteiger partial charge in [-0.05, 0) is 12.0 Å². The average molecular weight is 191 g/mol. The molecule has 0 amide bonds. The third kappa shape index (κ3) is 1.75. The van der Waals surface area contributed by atoms with Crippen LogP contribution in [-0.4, -0.2) is 13.2 Å². The molecular formula is C12H17NO. The van der Waals surface area contributed by atoms with Crippen molar-refractivity contribution in [3.8, 4) is 5.75 Å². The van der Waals surface area contributed by atoms with E-state index in [9.17, 15) is 0 Å². The predicted molar refractivity (Wildman–Crippen MR) is 57.5 cm³/mol. The zero-order valence-corrected chi connectivity index (χ0v) is 8.79. The van der Waals surface area contributed by atoms with Crippen molar-refractivity contribution in [3.63, 3.8) is 0 Å². The fourth-order valence-corrected chi connectivity index (χ4v) is 1.95. The molecule has 1 N–H and O–H groups in total. The SMILES string of the molecule is CC(C)C1NCCOc2ccccc21. The molecule has 0 saturated carbocycles. The van der Waals surface area contributed by atoms with Crippen molar-refractivity contribution in [2.45, 2.75) is 19.9 Å². The number of nitrogens with one attached hydrogen (secondary N) is 1. The lowest BCUT2D eigenvalue weighted by Gasteiger charge is -2.21. The third-order valence-corrected chi connectivity index (χ3v) is 2.64. The molecule has 0 saturated heterocycles. The van der Waals surface area contributed by atoms with Gasteiger partial charge in [-0.1, -0.05) is 32.0 Å². The van der Waals surface area contributed by atoms with Crippen molar-refractivity contribution in [2.75, 3.05) is 13.2 Å². The van der Waals surface area contributed by atoms with Crippen LogP contribution < -0.4 is 10.1 Å². The Labute approximate surface area is 85.3 Å². The minimum atomic E-state index is 0.425. The summed E-state index contributed by atoms with van der Waals surface area (Å²) in [4.78, 5) is 0. The Bertz CT molecular complexity index is 309. The van der Waals surface area contributed by atoms with Gasteiger partial charge in [-0.2, -0.15) is 0 Å². The van der Waals surface area contributed by atoms with E-state index in [0.717, 1.165) is 18.9 Å². The topological polar surface area (TPSA) is 21.3 Å². The maximum atomic E-state index is 5.67. The van der Waals surface area contributed by atoms with Crippen LogP contribution in [0.3, 0.4) is 0 Å². The van der Waals surface area contributed by atoms with Crippen molar-refractivity contribution in [1.29, 1.82) is 0 Å². The van der Waals surface area contributed by atoms with Gasteiger partial charge < -0.3 is 10.1 Å². The second-order valence-corrected chi connectivity index (χ2v) is 4.06. The molecule has 2 rings (SSSR count). The molecule has 1 aliphatic heterocycles. The highest BCUT2D eigenvalue weighted by Crippen LogP contribution is 2.31. The highest BCUT2D eigenvalue weighted by Gasteiger charge is 2.21. The van der Waals surface area contributed by atoms with Crippen molar-refractivity contribution in [1.82, 2.24) is 5.32 Å². The molecule has 0 spiro atoms. The van der Waals surface area contributed by atoms with E-state index in [1.807, 2.05) is 6.07 Å². The molecule has 1 aromatic rings. The van der Waals surface area contributed by atoms with E-state index >= 15 is 0 Å². The van der Waals surface area contributed by atoms with Crippen molar-refractivity contribution < 1.29 is 4.74 Å². The summed E-state index contributed by atoms with van der Waals surface area (Å²) in [7, 11) is 0. The summed E-state index contributed by atoms with van der Waals surface area (Å²) >= 11 is 0. The summed E-state index contributed by atoms with van der Waals surface area (Å²) < 4.78 is 5.67. The first-order chi connectivity index (χ1) is 6.79. The van der Waals surface area contributed by atoms with Gasteiger partial charge in [0.2, 0.25) is 0 Å². The minimum Gasteiger partial charge on any atom is -0.492 e. The second-order valence-electron chi connectivity index (χ2n) is 4.06. The Morgan fingerprint density at radius 3 is 2.93 bits per heavy atom. The lowest BCUT2D eigenvalue weighted by atomic mass is 9.95. The lowest BCUT2D eigenvalue weighted by Crippen LogP contribution is -2.26. The summed E-state index contributed by atoms with van der Waals surface area (Å²) in [6, 6.07) is 8.73. The standard InChI is InChI=1S/C12H17NO/c1-9(2)12-10-5-3-4-6-11(10)14-8-7-13-12/h3-6,9,12-13H,7-8H2,1-2H3. The van der Waals surface area contributed by atoms with Crippen LogP contribution in [0.4, 0.5) is 0 Å². The van der Waals surface area contributed by atoms with Crippen molar-refractivity contribution in [3.05, 3.63) is 29.8 Å². The van der Waals surface area contributed by atoms with Crippen LogP contribution in [0.1, 0.15) is 25.5 Å². The molecule has 1 aliphatic rings. The number of hydrogen-bond acceptors (Lipinski definition) is 2. The smallest absolute Gasteiger partial charge is 0.124 e. The number of ether oxygens (including phenoxy) is 1. The van der Waals surface area contributed by atoms with E-state index in [1.54, 1.807) is 0 Å². The second kappa shape index (κ2) is 4.01. The summed E-state index contributed by atoms with van der Waals surface area (Å²) in [5.74, 6) is 1.63. The van der Waals surface area contributed by atoms with Gasteiger partial charge in [0.15, 0.2) is 0 Å². The molecule has 0 bridgehead atoms. The Balaban J connectivity index is 2.37. The predicted octanol–water partition coefficient (Wildman–Crippen LogP) is 2.37. The Morgan fingerprint density at radius 2 is 2.14 bits per heavy atom. The zero-order valence-electron chi connectivity index (χ0n) is 8.79. The van der Waals surface area contributed by atoms with Gasteiger partial charge in [0.05, 0.1) is 0 Å². The Hall–Kier alpha value is -1.02. The molecule has 76 valence electrons. The first-order valence-electron chi connectivity index (χ1n) is 5.24. The van der Waals surface area contributed by atoms with Crippen LogP contribution in [0.25, 0.3) is 0 Å². The molecule has 0 aromatic heterocycles. The number of benzene rings is 1. The molecular weight excluding hydrogens is 174 g/mol. The van der Waals surface area contributed by atoms with E-state index in [4.69, 9.17) is 4.74 Å². The fourth-order valence-electron chi connectivity index (χ4n) is 1.95.